The summed E-state index contributed by atoms with van der Waals surface area (Å²) in [5.74, 6) is -1.34. The van der Waals surface area contributed by atoms with E-state index in [1.807, 2.05) is 6.92 Å². The minimum atomic E-state index is -4.86. The Kier molecular flexibility index (Phi) is 11.1. The molecule has 0 heterocycles. The molecule has 0 saturated heterocycles. The maximum absolute atomic E-state index is 13.5. The number of carbonyl (C=O) groups excluding carboxylic acids is 2. The summed E-state index contributed by atoms with van der Waals surface area (Å²) in [7, 11) is -4.24. The second-order valence-electron chi connectivity index (χ2n) is 8.51. The van der Waals surface area contributed by atoms with Crippen LogP contribution in [0.4, 0.5) is 18.9 Å². The number of hydrogen-bond donors (Lipinski definition) is 1. The van der Waals surface area contributed by atoms with E-state index in [-0.39, 0.29) is 11.6 Å². The van der Waals surface area contributed by atoms with Gasteiger partial charge in [0.25, 0.3) is 0 Å². The van der Waals surface area contributed by atoms with Gasteiger partial charge in [-0.05, 0) is 49.2 Å². The number of amides is 2. The highest BCUT2D eigenvalue weighted by Crippen LogP contribution is 2.37. The molecule has 2 amide bonds. The first-order valence-corrected chi connectivity index (χ1v) is 14.4. The topological polar surface area (TPSA) is 86.8 Å². The number of alkyl halides is 3. The van der Waals surface area contributed by atoms with Crippen LogP contribution in [0.1, 0.15) is 37.8 Å². The number of unbranched alkanes of at least 4 members (excludes halogenated alkanes) is 1. The molecule has 14 heteroatoms. The molecular weight excluding hydrogens is 590 g/mol. The lowest BCUT2D eigenvalue weighted by atomic mass is 10.1. The first kappa shape index (κ1) is 32.0. The Hall–Kier alpha value is -2.21. The van der Waals surface area contributed by atoms with Crippen LogP contribution in [0.15, 0.2) is 36.4 Å². The summed E-state index contributed by atoms with van der Waals surface area (Å²) >= 11 is 17.9. The fourth-order valence-corrected chi connectivity index (χ4v) is 4.99. The number of sulfonamides is 1. The fourth-order valence-electron chi connectivity index (χ4n) is 3.45. The predicted octanol–water partition coefficient (Wildman–Crippen LogP) is 5.77. The molecule has 0 fully saturated rings. The van der Waals surface area contributed by atoms with Crippen molar-refractivity contribution in [3.8, 4) is 0 Å². The summed E-state index contributed by atoms with van der Waals surface area (Å²) in [6, 6.07) is 5.98. The summed E-state index contributed by atoms with van der Waals surface area (Å²) in [6.07, 6.45) is -2.58. The molecular formula is C24H27Cl3F3N3O4S. The molecule has 0 bridgehead atoms. The molecule has 0 aromatic heterocycles. The fraction of sp³-hybridized carbons (Fsp3) is 0.417. The van der Waals surface area contributed by atoms with Crippen LogP contribution < -0.4 is 9.62 Å². The van der Waals surface area contributed by atoms with Crippen LogP contribution in [0.3, 0.4) is 0 Å². The largest absolute Gasteiger partial charge is 0.417 e. The van der Waals surface area contributed by atoms with Crippen molar-refractivity contribution in [2.24, 2.45) is 0 Å². The maximum Gasteiger partial charge on any atom is 0.417 e. The van der Waals surface area contributed by atoms with E-state index in [9.17, 15) is 31.2 Å². The van der Waals surface area contributed by atoms with Gasteiger partial charge in [-0.2, -0.15) is 13.2 Å². The molecule has 0 spiro atoms. The van der Waals surface area contributed by atoms with Crippen LogP contribution in [0.25, 0.3) is 0 Å². The zero-order chi connectivity index (χ0) is 28.8. The lowest BCUT2D eigenvalue weighted by molar-refractivity contribution is -0.139. The van der Waals surface area contributed by atoms with E-state index in [1.54, 1.807) is 6.07 Å². The summed E-state index contributed by atoms with van der Waals surface area (Å²) in [6.45, 7) is 2.69. The van der Waals surface area contributed by atoms with Gasteiger partial charge in [-0.1, -0.05) is 54.2 Å². The Balaban J connectivity index is 2.48. The zero-order valence-electron chi connectivity index (χ0n) is 20.8. The van der Waals surface area contributed by atoms with E-state index in [0.29, 0.717) is 33.9 Å². The number of rotatable bonds is 11. The Bertz CT molecular complexity index is 1280. The van der Waals surface area contributed by atoms with Crippen LogP contribution in [0.2, 0.25) is 15.1 Å². The molecule has 0 radical (unpaired) electrons. The van der Waals surface area contributed by atoms with Crippen LogP contribution in [-0.2, 0) is 32.3 Å². The van der Waals surface area contributed by atoms with Crippen molar-refractivity contribution in [3.05, 3.63) is 62.6 Å². The van der Waals surface area contributed by atoms with E-state index < -0.39 is 56.9 Å². The van der Waals surface area contributed by atoms with E-state index in [1.165, 1.54) is 19.1 Å². The van der Waals surface area contributed by atoms with Crippen molar-refractivity contribution in [3.63, 3.8) is 0 Å². The highest BCUT2D eigenvalue weighted by molar-refractivity contribution is 7.92. The van der Waals surface area contributed by atoms with Crippen molar-refractivity contribution in [2.75, 3.05) is 23.7 Å². The molecule has 0 aliphatic heterocycles. The van der Waals surface area contributed by atoms with Gasteiger partial charge in [0.05, 0.1) is 22.5 Å². The molecule has 1 atom stereocenters. The molecule has 2 aromatic rings. The van der Waals surface area contributed by atoms with Crippen LogP contribution in [0, 0.1) is 0 Å². The minimum absolute atomic E-state index is 0.191. The van der Waals surface area contributed by atoms with Crippen molar-refractivity contribution in [2.45, 2.75) is 45.5 Å². The Morgan fingerprint density at radius 1 is 1.05 bits per heavy atom. The number of nitrogens with zero attached hydrogens (tertiary/aromatic N) is 2. The van der Waals surface area contributed by atoms with Crippen LogP contribution in [0.5, 0.6) is 0 Å². The average Bonchev–Trinajstić information content (AvgIpc) is 2.80. The van der Waals surface area contributed by atoms with E-state index in [0.717, 1.165) is 29.7 Å². The van der Waals surface area contributed by atoms with E-state index in [2.05, 4.69) is 5.32 Å². The normalized spacial score (nSPS) is 12.7. The van der Waals surface area contributed by atoms with Gasteiger partial charge in [0.1, 0.15) is 12.6 Å². The summed E-state index contributed by atoms with van der Waals surface area (Å²) < 4.78 is 66.0. The third kappa shape index (κ3) is 8.65. The van der Waals surface area contributed by atoms with E-state index in [4.69, 9.17) is 34.8 Å². The smallest absolute Gasteiger partial charge is 0.354 e. The van der Waals surface area contributed by atoms with Crippen molar-refractivity contribution >= 4 is 62.3 Å². The molecule has 2 rings (SSSR count). The van der Waals surface area contributed by atoms with Gasteiger partial charge in [-0.15, -0.1) is 0 Å². The SMILES string of the molecule is CCCCNC(=O)C(C)N(Cc1ccc(Cl)cc1Cl)C(=O)CN(c1ccc(Cl)c(C(F)(F)F)c1)S(C)(=O)=O. The standard InChI is InChI=1S/C24H27Cl3F3N3O4S/c1-4-5-10-31-23(35)15(2)32(13-16-6-7-17(25)11-21(16)27)22(34)14-33(38(3,36)37)18-8-9-20(26)19(12-18)24(28,29)30/h6-9,11-12,15H,4-5,10,13-14H2,1-3H3,(H,31,35). The lowest BCUT2D eigenvalue weighted by Gasteiger charge is -2.32. The number of anilines is 1. The zero-order valence-corrected chi connectivity index (χ0v) is 23.9. The van der Waals surface area contributed by atoms with Gasteiger partial charge in [0.2, 0.25) is 21.8 Å². The number of nitrogens with one attached hydrogen (secondary N) is 1. The second-order valence-corrected chi connectivity index (χ2v) is 11.7. The molecule has 7 nitrogen and oxygen atoms in total. The second kappa shape index (κ2) is 13.2. The van der Waals surface area contributed by atoms with Gasteiger partial charge in [-0.25, -0.2) is 8.42 Å². The Morgan fingerprint density at radius 2 is 1.71 bits per heavy atom. The molecule has 38 heavy (non-hydrogen) atoms. The van der Waals surface area contributed by atoms with Crippen LogP contribution >= 0.6 is 34.8 Å². The third-order valence-corrected chi connectivity index (χ3v) is 7.63. The number of carbonyl (C=O) groups is 2. The molecule has 2 aromatic carbocycles. The van der Waals surface area contributed by atoms with Gasteiger partial charge >= 0.3 is 6.18 Å². The molecule has 1 N–H and O–H groups in total. The van der Waals surface area contributed by atoms with Gasteiger partial charge in [0.15, 0.2) is 0 Å². The first-order chi connectivity index (χ1) is 17.6. The quantitative estimate of drug-likeness (QED) is 0.325. The monoisotopic (exact) mass is 615 g/mol. The highest BCUT2D eigenvalue weighted by atomic mass is 35.5. The maximum atomic E-state index is 13.5. The summed E-state index contributed by atoms with van der Waals surface area (Å²) in [5, 5.41) is 2.64. The molecule has 0 saturated carbocycles. The van der Waals surface area contributed by atoms with Crippen molar-refractivity contribution in [1.82, 2.24) is 10.2 Å². The predicted molar refractivity (Wildman–Crippen MR) is 143 cm³/mol. The first-order valence-electron chi connectivity index (χ1n) is 11.4. The van der Waals surface area contributed by atoms with Crippen LogP contribution in [-0.4, -0.2) is 50.5 Å². The Labute approximate surface area is 234 Å². The van der Waals surface area contributed by atoms with Gasteiger partial charge in [0, 0.05) is 23.1 Å². The molecule has 210 valence electrons. The lowest BCUT2D eigenvalue weighted by Crippen LogP contribution is -2.51. The van der Waals surface area contributed by atoms with Crippen molar-refractivity contribution in [1.29, 1.82) is 0 Å². The van der Waals surface area contributed by atoms with Crippen molar-refractivity contribution < 1.29 is 31.2 Å². The molecule has 0 aliphatic rings. The third-order valence-electron chi connectivity index (χ3n) is 5.58. The Morgan fingerprint density at radius 3 is 2.26 bits per heavy atom. The number of hydrogen-bond acceptors (Lipinski definition) is 4. The minimum Gasteiger partial charge on any atom is -0.354 e. The summed E-state index contributed by atoms with van der Waals surface area (Å²) in [5.41, 5.74) is -1.25. The van der Waals surface area contributed by atoms with Gasteiger partial charge in [-0.3, -0.25) is 13.9 Å². The highest BCUT2D eigenvalue weighted by Gasteiger charge is 2.35. The average molecular weight is 617 g/mol. The van der Waals surface area contributed by atoms with Gasteiger partial charge < -0.3 is 10.2 Å². The number of halogens is 6. The molecule has 1 unspecified atom stereocenters. The van der Waals surface area contributed by atoms with E-state index >= 15 is 0 Å². The number of benzene rings is 2. The summed E-state index contributed by atoms with van der Waals surface area (Å²) in [4.78, 5) is 27.4. The molecule has 0 aliphatic carbocycles.